The van der Waals surface area contributed by atoms with E-state index in [-0.39, 0.29) is 35.6 Å². The summed E-state index contributed by atoms with van der Waals surface area (Å²) in [6.45, 7) is 4.42. The molecule has 2 aliphatic heterocycles. The van der Waals surface area contributed by atoms with Crippen LogP contribution in [0.1, 0.15) is 47.4 Å². The van der Waals surface area contributed by atoms with Crippen LogP contribution in [0.5, 0.6) is 0 Å². The number of carbonyl (C=O) groups is 4. The van der Waals surface area contributed by atoms with Crippen molar-refractivity contribution in [3.63, 3.8) is 0 Å². The van der Waals surface area contributed by atoms with E-state index >= 15 is 0 Å². The molecule has 2 aliphatic rings. The second-order valence-corrected chi connectivity index (χ2v) is 6.60. The number of hydrogen-bond donors (Lipinski definition) is 2. The van der Waals surface area contributed by atoms with Crippen LogP contribution in [0.25, 0.3) is 0 Å². The maximum absolute atomic E-state index is 14.2. The molecule has 132 valence electrons. The predicted molar refractivity (Wildman–Crippen MR) is 86.4 cm³/mol. The van der Waals surface area contributed by atoms with E-state index in [1.807, 2.05) is 13.8 Å². The first-order chi connectivity index (χ1) is 11.8. The molecule has 0 spiro atoms. The molecule has 0 saturated carbocycles. The highest BCUT2D eigenvalue weighted by Gasteiger charge is 2.45. The number of hydrogen-bond acceptors (Lipinski definition) is 5. The molecule has 2 N–H and O–H groups in total. The number of fused-ring (bicyclic) bond motifs is 1. The number of anilines is 1. The van der Waals surface area contributed by atoms with E-state index in [1.165, 1.54) is 6.07 Å². The Morgan fingerprint density at radius 2 is 1.84 bits per heavy atom. The van der Waals surface area contributed by atoms with Crippen molar-refractivity contribution in [3.05, 3.63) is 29.1 Å². The van der Waals surface area contributed by atoms with E-state index in [0.29, 0.717) is 6.54 Å². The van der Waals surface area contributed by atoms with Gasteiger partial charge in [0.15, 0.2) is 0 Å². The highest BCUT2D eigenvalue weighted by atomic mass is 19.1. The fourth-order valence-corrected chi connectivity index (χ4v) is 2.94. The van der Waals surface area contributed by atoms with Crippen LogP contribution in [-0.2, 0) is 9.59 Å². The van der Waals surface area contributed by atoms with Gasteiger partial charge in [-0.2, -0.15) is 0 Å². The maximum Gasteiger partial charge on any atom is 0.262 e. The van der Waals surface area contributed by atoms with E-state index in [9.17, 15) is 23.6 Å². The first-order valence-electron chi connectivity index (χ1n) is 8.08. The average Bonchev–Trinajstić information content (AvgIpc) is 2.77. The van der Waals surface area contributed by atoms with E-state index in [4.69, 9.17) is 0 Å². The Morgan fingerprint density at radius 3 is 2.44 bits per heavy atom. The van der Waals surface area contributed by atoms with Crippen molar-refractivity contribution in [1.29, 1.82) is 0 Å². The molecule has 3 rings (SSSR count). The minimum absolute atomic E-state index is 0.0410. The molecular weight excluding hydrogens is 329 g/mol. The second kappa shape index (κ2) is 6.27. The zero-order chi connectivity index (χ0) is 18.3. The molecule has 1 aromatic carbocycles. The molecule has 1 aromatic rings. The summed E-state index contributed by atoms with van der Waals surface area (Å²) >= 11 is 0. The van der Waals surface area contributed by atoms with Gasteiger partial charge in [0.25, 0.3) is 11.8 Å². The summed E-state index contributed by atoms with van der Waals surface area (Å²) in [6, 6.07) is 1.27. The largest absolute Gasteiger partial charge is 0.382 e. The molecule has 1 fully saturated rings. The molecule has 2 heterocycles. The van der Waals surface area contributed by atoms with Crippen LogP contribution in [0.15, 0.2) is 12.1 Å². The summed E-state index contributed by atoms with van der Waals surface area (Å²) < 4.78 is 14.2. The first-order valence-corrected chi connectivity index (χ1v) is 8.08. The minimum Gasteiger partial charge on any atom is -0.382 e. The monoisotopic (exact) mass is 347 g/mol. The van der Waals surface area contributed by atoms with Gasteiger partial charge in [-0.3, -0.25) is 29.4 Å². The topological polar surface area (TPSA) is 95.6 Å². The molecule has 0 aliphatic carbocycles. The van der Waals surface area contributed by atoms with Gasteiger partial charge in [-0.05, 0) is 24.5 Å². The number of piperidine rings is 1. The lowest BCUT2D eigenvalue weighted by Crippen LogP contribution is -2.54. The molecule has 0 radical (unpaired) electrons. The Labute approximate surface area is 143 Å². The summed E-state index contributed by atoms with van der Waals surface area (Å²) in [7, 11) is 0. The van der Waals surface area contributed by atoms with Gasteiger partial charge in [0.05, 0.1) is 16.8 Å². The van der Waals surface area contributed by atoms with Crippen molar-refractivity contribution in [1.82, 2.24) is 10.2 Å². The Kier molecular flexibility index (Phi) is 4.28. The van der Waals surface area contributed by atoms with E-state index in [2.05, 4.69) is 10.6 Å². The Bertz CT molecular complexity index is 790. The number of amides is 4. The van der Waals surface area contributed by atoms with Crippen molar-refractivity contribution >= 4 is 29.3 Å². The van der Waals surface area contributed by atoms with Gasteiger partial charge in [-0.25, -0.2) is 4.39 Å². The zero-order valence-electron chi connectivity index (χ0n) is 13.9. The average molecular weight is 347 g/mol. The lowest BCUT2D eigenvalue weighted by atomic mass is 10.0. The summed E-state index contributed by atoms with van der Waals surface area (Å²) in [5.41, 5.74) is 0.128. The number of halogens is 1. The molecule has 1 saturated heterocycles. The van der Waals surface area contributed by atoms with Crippen LogP contribution in [0, 0.1) is 11.7 Å². The lowest BCUT2D eigenvalue weighted by Gasteiger charge is -2.27. The molecule has 0 bridgehead atoms. The lowest BCUT2D eigenvalue weighted by molar-refractivity contribution is -0.136. The third kappa shape index (κ3) is 2.99. The summed E-state index contributed by atoms with van der Waals surface area (Å²) in [5, 5.41) is 5.02. The van der Waals surface area contributed by atoms with Gasteiger partial charge in [0.2, 0.25) is 11.8 Å². The normalized spacial score (nSPS) is 20.2. The fourth-order valence-electron chi connectivity index (χ4n) is 2.94. The van der Waals surface area contributed by atoms with Gasteiger partial charge in [0.1, 0.15) is 11.9 Å². The molecule has 8 heteroatoms. The second-order valence-electron chi connectivity index (χ2n) is 6.60. The Hall–Kier alpha value is -2.77. The Morgan fingerprint density at radius 1 is 1.20 bits per heavy atom. The van der Waals surface area contributed by atoms with Gasteiger partial charge >= 0.3 is 0 Å². The van der Waals surface area contributed by atoms with Crippen LogP contribution < -0.4 is 10.6 Å². The van der Waals surface area contributed by atoms with E-state index in [0.717, 1.165) is 11.0 Å². The van der Waals surface area contributed by atoms with Crippen molar-refractivity contribution in [3.8, 4) is 0 Å². The standard InChI is InChI=1S/C17H18FN3O4/c1-8(2)7-19-12-6-10-9(5-11(12)18)16(24)21(17(10)25)13-3-4-14(22)20-15(13)23/h5-6,8,13,19H,3-4,7H2,1-2H3,(H,20,22,23). The predicted octanol–water partition coefficient (Wildman–Crippen LogP) is 1.29. The molecular formula is C17H18FN3O4. The number of imide groups is 2. The third-order valence-corrected chi connectivity index (χ3v) is 4.23. The molecule has 1 unspecified atom stereocenters. The molecule has 1 atom stereocenters. The van der Waals surface area contributed by atoms with Crippen LogP contribution in [0.3, 0.4) is 0 Å². The summed E-state index contributed by atoms with van der Waals surface area (Å²) in [4.78, 5) is 49.2. The van der Waals surface area contributed by atoms with Crippen molar-refractivity contribution < 1.29 is 23.6 Å². The van der Waals surface area contributed by atoms with Crippen LogP contribution >= 0.6 is 0 Å². The van der Waals surface area contributed by atoms with Gasteiger partial charge < -0.3 is 5.32 Å². The first kappa shape index (κ1) is 17.1. The summed E-state index contributed by atoms with van der Waals surface area (Å²) in [6.07, 6.45) is 0.108. The van der Waals surface area contributed by atoms with Crippen molar-refractivity contribution in [2.24, 2.45) is 5.92 Å². The molecule has 4 amide bonds. The number of rotatable bonds is 4. The number of nitrogens with zero attached hydrogens (tertiary/aromatic N) is 1. The fraction of sp³-hybridized carbons (Fsp3) is 0.412. The van der Waals surface area contributed by atoms with Gasteiger partial charge in [-0.15, -0.1) is 0 Å². The number of benzene rings is 1. The highest BCUT2D eigenvalue weighted by Crippen LogP contribution is 2.31. The minimum atomic E-state index is -1.06. The number of nitrogens with one attached hydrogen (secondary N) is 2. The zero-order valence-corrected chi connectivity index (χ0v) is 13.9. The Balaban J connectivity index is 1.91. The maximum atomic E-state index is 14.2. The smallest absolute Gasteiger partial charge is 0.262 e. The SMILES string of the molecule is CC(C)CNc1cc2c(cc1F)C(=O)N(C1CCC(=O)NC1=O)C2=O. The third-order valence-electron chi connectivity index (χ3n) is 4.23. The van der Waals surface area contributed by atoms with E-state index < -0.39 is 35.5 Å². The van der Waals surface area contributed by atoms with E-state index in [1.54, 1.807) is 0 Å². The van der Waals surface area contributed by atoms with Crippen LogP contribution in [0.2, 0.25) is 0 Å². The van der Waals surface area contributed by atoms with Gasteiger partial charge in [0, 0.05) is 13.0 Å². The molecule has 7 nitrogen and oxygen atoms in total. The number of carbonyl (C=O) groups excluding carboxylic acids is 4. The van der Waals surface area contributed by atoms with Crippen molar-refractivity contribution in [2.45, 2.75) is 32.7 Å². The molecule has 25 heavy (non-hydrogen) atoms. The summed E-state index contributed by atoms with van der Waals surface area (Å²) in [5.74, 6) is -2.87. The quantitative estimate of drug-likeness (QED) is 0.801. The van der Waals surface area contributed by atoms with Crippen LogP contribution in [0.4, 0.5) is 10.1 Å². The van der Waals surface area contributed by atoms with Crippen LogP contribution in [-0.4, -0.2) is 41.1 Å². The highest BCUT2D eigenvalue weighted by molar-refractivity contribution is 6.23. The van der Waals surface area contributed by atoms with Gasteiger partial charge in [-0.1, -0.05) is 13.8 Å². The molecule has 0 aromatic heterocycles. The van der Waals surface area contributed by atoms with Crippen molar-refractivity contribution in [2.75, 3.05) is 11.9 Å².